The van der Waals surface area contributed by atoms with Crippen LogP contribution in [0, 0.1) is 5.92 Å². The molecular weight excluding hydrogens is 262 g/mol. The molecule has 1 aliphatic carbocycles. The highest BCUT2D eigenvalue weighted by Gasteiger charge is 2.34. The lowest BCUT2D eigenvalue weighted by atomic mass is 10.2. The summed E-state index contributed by atoms with van der Waals surface area (Å²) < 4.78 is 15.1. The van der Waals surface area contributed by atoms with Gasteiger partial charge in [-0.25, -0.2) is 0 Å². The fourth-order valence-corrected chi connectivity index (χ4v) is 3.14. The first-order chi connectivity index (χ1) is 9.19. The summed E-state index contributed by atoms with van der Waals surface area (Å²) in [6.45, 7) is 6.37. The van der Waals surface area contributed by atoms with Gasteiger partial charge in [0.2, 0.25) is 0 Å². The SMILES string of the molecule is CCOc1c(N)nsc1N(CCOC)C(C)C1CC1. The van der Waals surface area contributed by atoms with Gasteiger partial charge in [0.05, 0.1) is 13.2 Å². The molecule has 0 saturated heterocycles. The summed E-state index contributed by atoms with van der Waals surface area (Å²) in [6.07, 6.45) is 2.62. The number of nitrogen functional groups attached to an aromatic ring is 1. The van der Waals surface area contributed by atoms with Crippen LogP contribution in [0.3, 0.4) is 0 Å². The maximum Gasteiger partial charge on any atom is 0.197 e. The van der Waals surface area contributed by atoms with E-state index >= 15 is 0 Å². The summed E-state index contributed by atoms with van der Waals surface area (Å²) in [5.41, 5.74) is 5.90. The lowest BCUT2D eigenvalue weighted by Crippen LogP contribution is -2.37. The van der Waals surface area contributed by atoms with Crippen molar-refractivity contribution in [1.82, 2.24) is 4.37 Å². The van der Waals surface area contributed by atoms with E-state index in [2.05, 4.69) is 16.2 Å². The monoisotopic (exact) mass is 285 g/mol. The fraction of sp³-hybridized carbons (Fsp3) is 0.769. The van der Waals surface area contributed by atoms with Crippen LogP contribution in [0.5, 0.6) is 5.75 Å². The first-order valence-electron chi connectivity index (χ1n) is 6.82. The molecule has 108 valence electrons. The Bertz CT molecular complexity index is 407. The second kappa shape index (κ2) is 6.43. The smallest absolute Gasteiger partial charge is 0.197 e. The van der Waals surface area contributed by atoms with Gasteiger partial charge in [0.15, 0.2) is 16.6 Å². The minimum Gasteiger partial charge on any atom is -0.487 e. The van der Waals surface area contributed by atoms with Crippen LogP contribution in [0.2, 0.25) is 0 Å². The Morgan fingerprint density at radius 3 is 2.84 bits per heavy atom. The molecule has 19 heavy (non-hydrogen) atoms. The Kier molecular flexibility index (Phi) is 4.87. The summed E-state index contributed by atoms with van der Waals surface area (Å²) in [7, 11) is 1.73. The van der Waals surface area contributed by atoms with Crippen LogP contribution in [0.1, 0.15) is 26.7 Å². The van der Waals surface area contributed by atoms with Crippen molar-refractivity contribution in [2.45, 2.75) is 32.7 Å². The van der Waals surface area contributed by atoms with Crippen LogP contribution >= 0.6 is 11.5 Å². The second-order valence-electron chi connectivity index (χ2n) is 4.90. The van der Waals surface area contributed by atoms with E-state index in [4.69, 9.17) is 15.2 Å². The molecule has 0 aromatic carbocycles. The van der Waals surface area contributed by atoms with E-state index in [-0.39, 0.29) is 0 Å². The zero-order valence-electron chi connectivity index (χ0n) is 11.9. The van der Waals surface area contributed by atoms with Crippen molar-refractivity contribution >= 4 is 22.4 Å². The molecule has 0 aliphatic heterocycles. The molecule has 1 fully saturated rings. The predicted molar refractivity (Wildman–Crippen MR) is 79.1 cm³/mol. The van der Waals surface area contributed by atoms with Gasteiger partial charge >= 0.3 is 0 Å². The lowest BCUT2D eigenvalue weighted by molar-refractivity contribution is 0.202. The van der Waals surface area contributed by atoms with E-state index in [9.17, 15) is 0 Å². The molecule has 0 spiro atoms. The third-order valence-corrected chi connectivity index (χ3v) is 4.42. The first-order valence-corrected chi connectivity index (χ1v) is 7.59. The van der Waals surface area contributed by atoms with Crippen LogP contribution in [0.25, 0.3) is 0 Å². The van der Waals surface area contributed by atoms with Gasteiger partial charge in [-0.2, -0.15) is 4.37 Å². The van der Waals surface area contributed by atoms with Crippen molar-refractivity contribution in [2.24, 2.45) is 5.92 Å². The molecular formula is C13H23N3O2S. The predicted octanol–water partition coefficient (Wildman–Crippen LogP) is 2.38. The lowest BCUT2D eigenvalue weighted by Gasteiger charge is -2.30. The van der Waals surface area contributed by atoms with E-state index in [0.717, 1.165) is 23.2 Å². The van der Waals surface area contributed by atoms with Crippen molar-refractivity contribution in [2.75, 3.05) is 37.5 Å². The Morgan fingerprint density at radius 1 is 1.53 bits per heavy atom. The summed E-state index contributed by atoms with van der Waals surface area (Å²) in [6, 6.07) is 0.481. The fourth-order valence-electron chi connectivity index (χ4n) is 2.26. The summed E-state index contributed by atoms with van der Waals surface area (Å²) in [5.74, 6) is 2.00. The number of ether oxygens (including phenoxy) is 2. The number of hydrogen-bond donors (Lipinski definition) is 1. The minimum atomic E-state index is 0.481. The molecule has 0 amide bonds. The van der Waals surface area contributed by atoms with Crippen LogP contribution in [0.15, 0.2) is 0 Å². The number of hydrogen-bond acceptors (Lipinski definition) is 6. The molecule has 1 aromatic heterocycles. The van der Waals surface area contributed by atoms with E-state index in [1.165, 1.54) is 24.4 Å². The molecule has 5 nitrogen and oxygen atoms in total. The molecule has 1 unspecified atom stereocenters. The molecule has 2 N–H and O–H groups in total. The van der Waals surface area contributed by atoms with Crippen LogP contribution in [-0.2, 0) is 4.74 Å². The third-order valence-electron chi connectivity index (χ3n) is 3.54. The van der Waals surface area contributed by atoms with Gasteiger partial charge in [0.25, 0.3) is 0 Å². The van der Waals surface area contributed by atoms with Crippen molar-refractivity contribution in [3.63, 3.8) is 0 Å². The Balaban J connectivity index is 2.20. The molecule has 1 aliphatic rings. The van der Waals surface area contributed by atoms with Gasteiger partial charge in [0, 0.05) is 19.7 Å². The van der Waals surface area contributed by atoms with Crippen LogP contribution in [-0.4, -0.2) is 37.3 Å². The minimum absolute atomic E-state index is 0.481. The normalized spacial score (nSPS) is 16.4. The van der Waals surface area contributed by atoms with Crippen molar-refractivity contribution < 1.29 is 9.47 Å². The molecule has 0 radical (unpaired) electrons. The molecule has 0 bridgehead atoms. The van der Waals surface area contributed by atoms with Crippen LogP contribution in [0.4, 0.5) is 10.8 Å². The maximum atomic E-state index is 5.90. The largest absolute Gasteiger partial charge is 0.487 e. The third kappa shape index (κ3) is 3.30. The maximum absolute atomic E-state index is 5.90. The Morgan fingerprint density at radius 2 is 2.26 bits per heavy atom. The highest BCUT2D eigenvalue weighted by Crippen LogP contribution is 2.43. The van der Waals surface area contributed by atoms with Crippen molar-refractivity contribution in [3.05, 3.63) is 0 Å². The van der Waals surface area contributed by atoms with Gasteiger partial charge < -0.3 is 20.1 Å². The highest BCUT2D eigenvalue weighted by molar-refractivity contribution is 7.11. The molecule has 1 atom stereocenters. The summed E-state index contributed by atoms with van der Waals surface area (Å²) in [5, 5.41) is 1.04. The van der Waals surface area contributed by atoms with Gasteiger partial charge in [-0.15, -0.1) is 0 Å². The topological polar surface area (TPSA) is 60.6 Å². The Hall–Kier alpha value is -1.01. The van der Waals surface area contributed by atoms with Crippen molar-refractivity contribution in [1.29, 1.82) is 0 Å². The first kappa shape index (κ1) is 14.4. The van der Waals surface area contributed by atoms with Crippen molar-refractivity contribution in [3.8, 4) is 5.75 Å². The quantitative estimate of drug-likeness (QED) is 0.794. The molecule has 1 heterocycles. The summed E-state index contributed by atoms with van der Waals surface area (Å²) >= 11 is 1.42. The van der Waals surface area contributed by atoms with Gasteiger partial charge in [-0.1, -0.05) is 0 Å². The van der Waals surface area contributed by atoms with Gasteiger partial charge in [0.1, 0.15) is 0 Å². The average molecular weight is 285 g/mol. The van der Waals surface area contributed by atoms with Gasteiger partial charge in [-0.05, 0) is 44.1 Å². The van der Waals surface area contributed by atoms with Gasteiger partial charge in [-0.3, -0.25) is 0 Å². The second-order valence-corrected chi connectivity index (χ2v) is 5.65. The Labute approximate surface area is 118 Å². The average Bonchev–Trinajstić information content (AvgIpc) is 3.19. The van der Waals surface area contributed by atoms with E-state index < -0.39 is 0 Å². The van der Waals surface area contributed by atoms with E-state index in [0.29, 0.717) is 25.1 Å². The number of rotatable bonds is 8. The standard InChI is InChI=1S/C13H23N3O2S/c1-4-18-11-12(14)15-19-13(11)16(7-8-17-3)9(2)10-5-6-10/h9-10H,4-8H2,1-3H3,(H2,14,15). The molecule has 6 heteroatoms. The van der Waals surface area contributed by atoms with E-state index in [1.54, 1.807) is 7.11 Å². The number of anilines is 2. The zero-order valence-corrected chi connectivity index (χ0v) is 12.7. The number of methoxy groups -OCH3 is 1. The zero-order chi connectivity index (χ0) is 13.8. The summed E-state index contributed by atoms with van der Waals surface area (Å²) in [4.78, 5) is 2.33. The number of aromatic nitrogens is 1. The highest BCUT2D eigenvalue weighted by atomic mass is 32.1. The number of nitrogens with zero attached hydrogens (tertiary/aromatic N) is 2. The molecule has 1 saturated carbocycles. The van der Waals surface area contributed by atoms with Crippen LogP contribution < -0.4 is 15.4 Å². The molecule has 2 rings (SSSR count). The number of nitrogens with two attached hydrogens (primary N) is 1. The molecule has 1 aromatic rings. The van der Waals surface area contributed by atoms with E-state index in [1.807, 2.05) is 6.92 Å².